The van der Waals surface area contributed by atoms with Crippen LogP contribution in [0.1, 0.15) is 19.4 Å². The van der Waals surface area contributed by atoms with Gasteiger partial charge in [-0.1, -0.05) is 24.6 Å². The molecule has 0 aliphatic carbocycles. The highest BCUT2D eigenvalue weighted by atomic mass is 35.5. The smallest absolute Gasteiger partial charge is 0.0459 e. The van der Waals surface area contributed by atoms with Gasteiger partial charge in [0.15, 0.2) is 0 Å². The molecule has 18 heavy (non-hydrogen) atoms. The number of hydrogen-bond donors (Lipinski definition) is 1. The Balaban J connectivity index is 2.34. The van der Waals surface area contributed by atoms with Gasteiger partial charge in [0.1, 0.15) is 0 Å². The van der Waals surface area contributed by atoms with Crippen molar-refractivity contribution in [3.63, 3.8) is 0 Å². The predicted molar refractivity (Wildman–Crippen MR) is 82.9 cm³/mol. The average Bonchev–Trinajstić information content (AvgIpc) is 2.36. The number of nitrogens with zero attached hydrogens (tertiary/aromatic N) is 1. The van der Waals surface area contributed by atoms with E-state index in [1.165, 1.54) is 17.0 Å². The Kier molecular flexibility index (Phi) is 4.82. The first-order valence-electron chi connectivity index (χ1n) is 6.51. The lowest BCUT2D eigenvalue weighted by Crippen LogP contribution is -2.45. The second-order valence-corrected chi connectivity index (χ2v) is 6.68. The fraction of sp³-hybridized carbons (Fsp3) is 0.571. The van der Waals surface area contributed by atoms with Gasteiger partial charge in [0.2, 0.25) is 0 Å². The molecule has 2 atom stereocenters. The van der Waals surface area contributed by atoms with Crippen LogP contribution in [-0.2, 0) is 6.42 Å². The van der Waals surface area contributed by atoms with Gasteiger partial charge in [0.05, 0.1) is 0 Å². The van der Waals surface area contributed by atoms with Gasteiger partial charge >= 0.3 is 0 Å². The number of benzene rings is 1. The normalized spacial score (nSPS) is 24.3. The van der Waals surface area contributed by atoms with E-state index in [0.717, 1.165) is 18.0 Å². The van der Waals surface area contributed by atoms with Crippen LogP contribution in [0.4, 0.5) is 5.69 Å². The Morgan fingerprint density at radius 1 is 1.44 bits per heavy atom. The van der Waals surface area contributed by atoms with Crippen LogP contribution < -0.4 is 10.6 Å². The first kappa shape index (κ1) is 14.0. The molecule has 2 unspecified atom stereocenters. The Hall–Kier alpha value is -0.380. The number of anilines is 1. The molecule has 0 bridgehead atoms. The van der Waals surface area contributed by atoms with Crippen LogP contribution in [0.3, 0.4) is 0 Å². The van der Waals surface area contributed by atoms with Crippen LogP contribution in [0.25, 0.3) is 0 Å². The quantitative estimate of drug-likeness (QED) is 0.924. The fourth-order valence-corrected chi connectivity index (χ4v) is 3.84. The summed E-state index contributed by atoms with van der Waals surface area (Å²) in [5, 5.41) is 1.50. The van der Waals surface area contributed by atoms with Gasteiger partial charge in [-0.15, -0.1) is 0 Å². The first-order valence-corrected chi connectivity index (χ1v) is 7.93. The molecular weight excluding hydrogens is 264 g/mol. The number of thioether (sulfide) groups is 1. The molecule has 0 spiro atoms. The van der Waals surface area contributed by atoms with E-state index in [2.05, 4.69) is 24.8 Å². The summed E-state index contributed by atoms with van der Waals surface area (Å²) in [6.45, 7) is 6.33. The van der Waals surface area contributed by atoms with Crippen LogP contribution in [-0.4, -0.2) is 30.1 Å². The Labute approximate surface area is 119 Å². The third-order valence-electron chi connectivity index (χ3n) is 3.68. The summed E-state index contributed by atoms with van der Waals surface area (Å²) in [5.41, 5.74) is 8.18. The summed E-state index contributed by atoms with van der Waals surface area (Å²) in [5.74, 6) is 1.18. The zero-order valence-corrected chi connectivity index (χ0v) is 12.6. The molecule has 1 aliphatic rings. The van der Waals surface area contributed by atoms with Crippen molar-refractivity contribution in [2.75, 3.05) is 23.7 Å². The van der Waals surface area contributed by atoms with Gasteiger partial charge in [-0.25, -0.2) is 0 Å². The maximum absolute atomic E-state index is 6.32. The van der Waals surface area contributed by atoms with E-state index in [9.17, 15) is 0 Å². The van der Waals surface area contributed by atoms with Crippen molar-refractivity contribution in [2.45, 2.75) is 31.6 Å². The van der Waals surface area contributed by atoms with Crippen molar-refractivity contribution in [3.05, 3.63) is 28.8 Å². The first-order chi connectivity index (χ1) is 8.65. The molecule has 4 heteroatoms. The van der Waals surface area contributed by atoms with Gasteiger partial charge in [-0.3, -0.25) is 0 Å². The van der Waals surface area contributed by atoms with Crippen molar-refractivity contribution >= 4 is 29.1 Å². The number of halogens is 1. The van der Waals surface area contributed by atoms with E-state index >= 15 is 0 Å². The SMILES string of the molecule is CC1SCCN(c2cccc(Cl)c2CCN)C1C. The summed E-state index contributed by atoms with van der Waals surface area (Å²) in [6.07, 6.45) is 0.847. The summed E-state index contributed by atoms with van der Waals surface area (Å²) in [7, 11) is 0. The third-order valence-corrected chi connectivity index (χ3v) is 5.37. The van der Waals surface area contributed by atoms with Gasteiger partial charge in [0.25, 0.3) is 0 Å². The molecule has 1 fully saturated rings. The molecule has 1 aromatic carbocycles. The van der Waals surface area contributed by atoms with Crippen molar-refractivity contribution in [1.29, 1.82) is 0 Å². The van der Waals surface area contributed by atoms with Crippen molar-refractivity contribution in [2.24, 2.45) is 5.73 Å². The van der Waals surface area contributed by atoms with E-state index in [1.54, 1.807) is 0 Å². The zero-order chi connectivity index (χ0) is 13.1. The lowest BCUT2D eigenvalue weighted by Gasteiger charge is -2.40. The molecule has 1 heterocycles. The van der Waals surface area contributed by atoms with E-state index in [1.807, 2.05) is 23.9 Å². The van der Waals surface area contributed by atoms with Crippen molar-refractivity contribution < 1.29 is 0 Å². The minimum atomic E-state index is 0.541. The summed E-state index contributed by atoms with van der Waals surface area (Å²) in [6, 6.07) is 6.72. The van der Waals surface area contributed by atoms with Crippen molar-refractivity contribution in [1.82, 2.24) is 0 Å². The van der Waals surface area contributed by atoms with Gasteiger partial charge in [-0.05, 0) is 37.6 Å². The van der Waals surface area contributed by atoms with E-state index in [-0.39, 0.29) is 0 Å². The minimum absolute atomic E-state index is 0.541. The molecule has 0 aromatic heterocycles. The number of hydrogen-bond acceptors (Lipinski definition) is 3. The topological polar surface area (TPSA) is 29.3 Å². The van der Waals surface area contributed by atoms with Crippen LogP contribution in [0.15, 0.2) is 18.2 Å². The summed E-state index contributed by atoms with van der Waals surface area (Å²) >= 11 is 8.37. The average molecular weight is 285 g/mol. The third kappa shape index (κ3) is 2.79. The molecule has 1 aliphatic heterocycles. The Bertz CT molecular complexity index is 411. The maximum Gasteiger partial charge on any atom is 0.0459 e. The monoisotopic (exact) mass is 284 g/mol. The van der Waals surface area contributed by atoms with Gasteiger partial charge < -0.3 is 10.6 Å². The van der Waals surface area contributed by atoms with Gasteiger partial charge in [-0.2, -0.15) is 11.8 Å². The van der Waals surface area contributed by atoms with Gasteiger partial charge in [0, 0.05) is 34.3 Å². The second kappa shape index (κ2) is 6.18. The molecule has 100 valence electrons. The Morgan fingerprint density at radius 3 is 2.94 bits per heavy atom. The lowest BCUT2D eigenvalue weighted by atomic mass is 10.1. The minimum Gasteiger partial charge on any atom is -0.367 e. The molecule has 0 amide bonds. The standard InChI is InChI=1S/C14H21ClN2S/c1-10-11(2)18-9-8-17(10)14-5-3-4-13(15)12(14)6-7-16/h3-5,10-11H,6-9,16H2,1-2H3. The molecule has 1 saturated heterocycles. The van der Waals surface area contributed by atoms with E-state index in [0.29, 0.717) is 17.8 Å². The molecule has 1 aromatic rings. The molecule has 0 radical (unpaired) electrons. The maximum atomic E-state index is 6.32. The van der Waals surface area contributed by atoms with E-state index < -0.39 is 0 Å². The predicted octanol–water partition coefficient (Wildman–Crippen LogP) is 3.17. The summed E-state index contributed by atoms with van der Waals surface area (Å²) in [4.78, 5) is 2.48. The zero-order valence-electron chi connectivity index (χ0n) is 11.0. The molecular formula is C14H21ClN2S. The largest absolute Gasteiger partial charge is 0.367 e. The van der Waals surface area contributed by atoms with E-state index in [4.69, 9.17) is 17.3 Å². The van der Waals surface area contributed by atoms with Crippen LogP contribution in [0.2, 0.25) is 5.02 Å². The number of rotatable bonds is 3. The van der Waals surface area contributed by atoms with Crippen LogP contribution in [0.5, 0.6) is 0 Å². The van der Waals surface area contributed by atoms with Crippen LogP contribution >= 0.6 is 23.4 Å². The van der Waals surface area contributed by atoms with Crippen LogP contribution in [0, 0.1) is 0 Å². The highest BCUT2D eigenvalue weighted by Crippen LogP contribution is 2.34. The highest BCUT2D eigenvalue weighted by molar-refractivity contribution is 8.00. The van der Waals surface area contributed by atoms with Crippen molar-refractivity contribution in [3.8, 4) is 0 Å². The molecule has 2 N–H and O–H groups in total. The summed E-state index contributed by atoms with van der Waals surface area (Å²) < 4.78 is 0. The molecule has 2 nitrogen and oxygen atoms in total. The second-order valence-electron chi connectivity index (χ2n) is 4.79. The molecule has 2 rings (SSSR count). The highest BCUT2D eigenvalue weighted by Gasteiger charge is 2.27. The Morgan fingerprint density at radius 2 is 2.22 bits per heavy atom. The number of nitrogens with two attached hydrogens (primary N) is 1. The molecule has 0 saturated carbocycles. The lowest BCUT2D eigenvalue weighted by molar-refractivity contribution is 0.624. The fourth-order valence-electron chi connectivity index (χ4n) is 2.48.